The molecule has 128 valence electrons. The Hall–Kier alpha value is -2.30. The fraction of sp³-hybridized carbons (Fsp3) is 0.474. The van der Waals surface area contributed by atoms with Gasteiger partial charge in [-0.3, -0.25) is 4.98 Å². The van der Waals surface area contributed by atoms with Crippen LogP contribution in [0.2, 0.25) is 0 Å². The summed E-state index contributed by atoms with van der Waals surface area (Å²) >= 11 is 0. The normalized spacial score (nSPS) is 18.5. The number of aromatic nitrogens is 1. The molecule has 1 amide bonds. The third-order valence-electron chi connectivity index (χ3n) is 4.05. The van der Waals surface area contributed by atoms with Gasteiger partial charge in [-0.1, -0.05) is 6.07 Å². The smallest absolute Gasteiger partial charge is 0.410 e. The number of piperidine rings is 1. The van der Waals surface area contributed by atoms with Crippen LogP contribution in [0.1, 0.15) is 33.6 Å². The third-order valence-corrected chi connectivity index (χ3v) is 4.05. The molecule has 0 bridgehead atoms. The van der Waals surface area contributed by atoms with E-state index in [2.05, 4.69) is 22.4 Å². The molecule has 24 heavy (non-hydrogen) atoms. The Kier molecular flexibility index (Phi) is 4.60. The number of likely N-dealkylation sites (tertiary alicyclic amines) is 1. The molecule has 1 unspecified atom stereocenters. The topological polar surface area (TPSA) is 54.5 Å². The molecule has 0 spiro atoms. The van der Waals surface area contributed by atoms with Crippen LogP contribution in [-0.4, -0.2) is 40.7 Å². The van der Waals surface area contributed by atoms with E-state index < -0.39 is 5.60 Å². The largest absolute Gasteiger partial charge is 0.444 e. The number of carbonyl (C=O) groups excluding carboxylic acids is 1. The van der Waals surface area contributed by atoms with Crippen molar-refractivity contribution >= 4 is 22.7 Å². The van der Waals surface area contributed by atoms with Crippen LogP contribution in [0.4, 0.5) is 10.5 Å². The third kappa shape index (κ3) is 4.16. The van der Waals surface area contributed by atoms with E-state index in [1.807, 2.05) is 39.0 Å². The van der Waals surface area contributed by atoms with Gasteiger partial charge in [0.2, 0.25) is 0 Å². The van der Waals surface area contributed by atoms with Crippen molar-refractivity contribution in [2.75, 3.05) is 18.4 Å². The van der Waals surface area contributed by atoms with Crippen LogP contribution in [0, 0.1) is 0 Å². The first kappa shape index (κ1) is 16.6. The second-order valence-corrected chi connectivity index (χ2v) is 7.32. The predicted molar refractivity (Wildman–Crippen MR) is 96.2 cm³/mol. The number of pyridine rings is 1. The van der Waals surface area contributed by atoms with Crippen molar-refractivity contribution < 1.29 is 9.53 Å². The predicted octanol–water partition coefficient (Wildman–Crippen LogP) is 4.05. The van der Waals surface area contributed by atoms with Crippen molar-refractivity contribution in [1.29, 1.82) is 0 Å². The average Bonchev–Trinajstić information content (AvgIpc) is 2.53. The molecule has 0 radical (unpaired) electrons. The van der Waals surface area contributed by atoms with E-state index in [1.54, 1.807) is 11.1 Å². The Labute approximate surface area is 143 Å². The first-order valence-corrected chi connectivity index (χ1v) is 8.50. The lowest BCUT2D eigenvalue weighted by Gasteiger charge is -2.34. The summed E-state index contributed by atoms with van der Waals surface area (Å²) in [6, 6.07) is 10.4. The maximum Gasteiger partial charge on any atom is 0.410 e. The number of anilines is 1. The summed E-state index contributed by atoms with van der Waals surface area (Å²) < 4.78 is 5.48. The number of ether oxygens (including phenoxy) is 1. The first-order chi connectivity index (χ1) is 11.4. The van der Waals surface area contributed by atoms with Crippen molar-refractivity contribution in [1.82, 2.24) is 9.88 Å². The zero-order chi connectivity index (χ0) is 17.2. The van der Waals surface area contributed by atoms with Crippen molar-refractivity contribution in [3.63, 3.8) is 0 Å². The molecule has 3 rings (SSSR count). The quantitative estimate of drug-likeness (QED) is 0.904. The molecule has 1 fully saturated rings. The standard InChI is InChI=1S/C19H25N3O2/c1-19(2,3)24-18(23)22-11-5-7-16(13-22)21-15-8-9-17-14(12-15)6-4-10-20-17/h4,6,8-10,12,16,21H,5,7,11,13H2,1-3H3. The van der Waals surface area contributed by atoms with Gasteiger partial charge in [0.15, 0.2) is 0 Å². The molecule has 1 atom stereocenters. The van der Waals surface area contributed by atoms with Crippen LogP contribution in [-0.2, 0) is 4.74 Å². The lowest BCUT2D eigenvalue weighted by atomic mass is 10.1. The minimum absolute atomic E-state index is 0.225. The number of carbonyl (C=O) groups is 1. The molecule has 2 heterocycles. The van der Waals surface area contributed by atoms with Gasteiger partial charge in [-0.2, -0.15) is 0 Å². The number of benzene rings is 1. The van der Waals surface area contributed by atoms with Gasteiger partial charge in [0.05, 0.1) is 5.52 Å². The minimum Gasteiger partial charge on any atom is -0.444 e. The second-order valence-electron chi connectivity index (χ2n) is 7.32. The molecule has 5 heteroatoms. The minimum atomic E-state index is -0.456. The zero-order valence-corrected chi connectivity index (χ0v) is 14.6. The van der Waals surface area contributed by atoms with Gasteiger partial charge in [-0.05, 0) is 57.9 Å². The Morgan fingerprint density at radius 2 is 2.17 bits per heavy atom. The zero-order valence-electron chi connectivity index (χ0n) is 14.6. The Morgan fingerprint density at radius 1 is 1.33 bits per heavy atom. The van der Waals surface area contributed by atoms with Gasteiger partial charge in [0.1, 0.15) is 5.60 Å². The molecule has 0 aliphatic carbocycles. The Balaban J connectivity index is 1.65. The number of rotatable bonds is 2. The van der Waals surface area contributed by atoms with Crippen molar-refractivity contribution in [2.45, 2.75) is 45.3 Å². The molecule has 1 aliphatic rings. The van der Waals surface area contributed by atoms with E-state index in [9.17, 15) is 4.79 Å². The highest BCUT2D eigenvalue weighted by Crippen LogP contribution is 2.21. The molecule has 1 aromatic carbocycles. The summed E-state index contributed by atoms with van der Waals surface area (Å²) in [4.78, 5) is 18.4. The number of fused-ring (bicyclic) bond motifs is 1. The van der Waals surface area contributed by atoms with Gasteiger partial charge in [0, 0.05) is 36.4 Å². The average molecular weight is 327 g/mol. The summed E-state index contributed by atoms with van der Waals surface area (Å²) in [5.74, 6) is 0. The molecule has 1 aliphatic heterocycles. The molecule has 1 N–H and O–H groups in total. The monoisotopic (exact) mass is 327 g/mol. The Morgan fingerprint density at radius 3 is 2.96 bits per heavy atom. The van der Waals surface area contributed by atoms with Gasteiger partial charge in [-0.15, -0.1) is 0 Å². The number of nitrogens with one attached hydrogen (secondary N) is 1. The SMILES string of the molecule is CC(C)(C)OC(=O)N1CCCC(Nc2ccc3ncccc3c2)C1. The Bertz CT molecular complexity index is 724. The molecule has 1 aromatic heterocycles. The highest BCUT2D eigenvalue weighted by atomic mass is 16.6. The van der Waals surface area contributed by atoms with Crippen molar-refractivity contribution in [2.24, 2.45) is 0 Å². The fourth-order valence-electron chi connectivity index (χ4n) is 2.99. The van der Waals surface area contributed by atoms with Crippen LogP contribution < -0.4 is 5.32 Å². The highest BCUT2D eigenvalue weighted by molar-refractivity contribution is 5.82. The molecule has 1 saturated heterocycles. The summed E-state index contributed by atoms with van der Waals surface area (Å²) in [5.41, 5.74) is 1.59. The van der Waals surface area contributed by atoms with E-state index in [4.69, 9.17) is 4.74 Å². The van der Waals surface area contributed by atoms with E-state index in [0.29, 0.717) is 6.54 Å². The lowest BCUT2D eigenvalue weighted by molar-refractivity contribution is 0.0206. The highest BCUT2D eigenvalue weighted by Gasteiger charge is 2.27. The molecular weight excluding hydrogens is 302 g/mol. The summed E-state index contributed by atoms with van der Waals surface area (Å²) in [7, 11) is 0. The number of hydrogen-bond donors (Lipinski definition) is 1. The van der Waals surface area contributed by atoms with Crippen LogP contribution in [0.15, 0.2) is 36.5 Å². The summed E-state index contributed by atoms with van der Waals surface area (Å²) in [6.45, 7) is 7.11. The van der Waals surface area contributed by atoms with Gasteiger partial charge < -0.3 is 15.0 Å². The first-order valence-electron chi connectivity index (χ1n) is 8.50. The lowest BCUT2D eigenvalue weighted by Crippen LogP contribution is -2.46. The number of amides is 1. The van der Waals surface area contributed by atoms with Crippen LogP contribution in [0.25, 0.3) is 10.9 Å². The fourth-order valence-corrected chi connectivity index (χ4v) is 2.99. The number of nitrogens with zero attached hydrogens (tertiary/aromatic N) is 2. The summed E-state index contributed by atoms with van der Waals surface area (Å²) in [6.07, 6.45) is 3.60. The van der Waals surface area contributed by atoms with Gasteiger partial charge in [-0.25, -0.2) is 4.79 Å². The summed E-state index contributed by atoms with van der Waals surface area (Å²) in [5, 5.41) is 4.66. The van der Waals surface area contributed by atoms with E-state index >= 15 is 0 Å². The molecule has 5 nitrogen and oxygen atoms in total. The molecular formula is C19H25N3O2. The molecule has 2 aromatic rings. The maximum absolute atomic E-state index is 12.3. The van der Waals surface area contributed by atoms with E-state index in [1.165, 1.54) is 0 Å². The van der Waals surface area contributed by atoms with Crippen molar-refractivity contribution in [3.8, 4) is 0 Å². The second kappa shape index (κ2) is 6.67. The van der Waals surface area contributed by atoms with E-state index in [-0.39, 0.29) is 12.1 Å². The van der Waals surface area contributed by atoms with Crippen LogP contribution in [0.3, 0.4) is 0 Å². The molecule has 0 saturated carbocycles. The van der Waals surface area contributed by atoms with Crippen molar-refractivity contribution in [3.05, 3.63) is 36.5 Å². The maximum atomic E-state index is 12.3. The van der Waals surface area contributed by atoms with Gasteiger partial charge >= 0.3 is 6.09 Å². The van der Waals surface area contributed by atoms with Gasteiger partial charge in [0.25, 0.3) is 0 Å². The van der Waals surface area contributed by atoms with Crippen LogP contribution in [0.5, 0.6) is 0 Å². The van der Waals surface area contributed by atoms with Crippen LogP contribution >= 0.6 is 0 Å². The number of hydrogen-bond acceptors (Lipinski definition) is 4. The van der Waals surface area contributed by atoms with E-state index in [0.717, 1.165) is 36.0 Å².